The summed E-state index contributed by atoms with van der Waals surface area (Å²) in [4.78, 5) is 29.6. The first-order chi connectivity index (χ1) is 16.4. The zero-order chi connectivity index (χ0) is 24.1. The van der Waals surface area contributed by atoms with E-state index in [0.29, 0.717) is 22.3 Å². The molecule has 1 aromatic heterocycles. The van der Waals surface area contributed by atoms with Crippen molar-refractivity contribution < 1.29 is 14.5 Å². The summed E-state index contributed by atoms with van der Waals surface area (Å²) >= 11 is 0. The molecule has 0 atom stereocenters. The Morgan fingerprint density at radius 1 is 1.00 bits per heavy atom. The molecule has 0 bridgehead atoms. The van der Waals surface area contributed by atoms with E-state index in [0.717, 1.165) is 11.4 Å². The number of nitro groups is 1. The Balaban J connectivity index is 1.43. The third-order valence-electron chi connectivity index (χ3n) is 5.25. The topological polar surface area (TPSA) is 97.6 Å². The molecule has 4 aromatic rings. The predicted molar refractivity (Wildman–Crippen MR) is 133 cm³/mol. The van der Waals surface area contributed by atoms with Crippen molar-refractivity contribution in [1.82, 2.24) is 4.98 Å². The molecule has 4 rings (SSSR count). The van der Waals surface area contributed by atoms with Gasteiger partial charge < -0.3 is 15.0 Å². The van der Waals surface area contributed by atoms with Gasteiger partial charge in [0.1, 0.15) is 11.3 Å². The van der Waals surface area contributed by atoms with E-state index in [1.807, 2.05) is 42.5 Å². The molecule has 0 spiro atoms. The van der Waals surface area contributed by atoms with Crippen LogP contribution in [0.5, 0.6) is 5.75 Å². The van der Waals surface area contributed by atoms with Crippen LogP contribution in [0.25, 0.3) is 10.9 Å². The van der Waals surface area contributed by atoms with E-state index in [4.69, 9.17) is 4.74 Å². The van der Waals surface area contributed by atoms with Gasteiger partial charge in [-0.25, -0.2) is 0 Å². The van der Waals surface area contributed by atoms with Crippen LogP contribution in [0.15, 0.2) is 85.1 Å². The van der Waals surface area contributed by atoms with Gasteiger partial charge in [0.2, 0.25) is 0 Å². The number of non-ortho nitro benzene ring substituents is 1. The van der Waals surface area contributed by atoms with Gasteiger partial charge in [0.05, 0.1) is 10.3 Å². The number of nitrogens with one attached hydrogen (secondary N) is 1. The van der Waals surface area contributed by atoms with E-state index in [-0.39, 0.29) is 24.2 Å². The Bertz CT molecular complexity index is 1310. The van der Waals surface area contributed by atoms with E-state index < -0.39 is 4.92 Å². The quantitative estimate of drug-likeness (QED) is 0.269. The number of benzene rings is 3. The zero-order valence-corrected chi connectivity index (χ0v) is 18.8. The molecule has 0 aliphatic rings. The number of pyridine rings is 1. The molecule has 0 saturated carbocycles. The monoisotopic (exact) mass is 456 g/mol. The van der Waals surface area contributed by atoms with Gasteiger partial charge in [-0.1, -0.05) is 18.2 Å². The van der Waals surface area contributed by atoms with Crippen LogP contribution < -0.4 is 15.0 Å². The molecule has 8 heteroatoms. The van der Waals surface area contributed by atoms with Crippen LogP contribution in [0.2, 0.25) is 0 Å². The second-order valence-corrected chi connectivity index (χ2v) is 7.92. The summed E-state index contributed by atoms with van der Waals surface area (Å²) in [6.45, 7) is 3.99. The normalized spacial score (nSPS) is 10.8. The number of aromatic nitrogens is 1. The maximum Gasteiger partial charge on any atom is 0.279 e. The maximum absolute atomic E-state index is 12.5. The number of anilines is 3. The molecule has 0 aliphatic heterocycles. The van der Waals surface area contributed by atoms with Crippen LogP contribution in [-0.2, 0) is 4.79 Å². The number of carbonyl (C=O) groups is 1. The van der Waals surface area contributed by atoms with Crippen LogP contribution in [0.1, 0.15) is 13.8 Å². The molecule has 0 fully saturated rings. The Morgan fingerprint density at radius 3 is 2.38 bits per heavy atom. The minimum Gasteiger partial charge on any atom is -0.481 e. The van der Waals surface area contributed by atoms with Crippen LogP contribution in [0.3, 0.4) is 0 Å². The minimum atomic E-state index is -0.470. The van der Waals surface area contributed by atoms with Crippen LogP contribution in [-0.4, -0.2) is 28.5 Å². The SMILES string of the molecule is CC(C)N(c1ccccc1)c1ccc(NC(=O)COc2ccc([N+](=O)[O-])c3cccnc23)cc1. The van der Waals surface area contributed by atoms with Gasteiger partial charge >= 0.3 is 0 Å². The number of ether oxygens (including phenoxy) is 1. The van der Waals surface area contributed by atoms with Crippen molar-refractivity contribution in [1.29, 1.82) is 0 Å². The summed E-state index contributed by atoms with van der Waals surface area (Å²) in [6.07, 6.45) is 1.52. The van der Waals surface area contributed by atoms with Crippen molar-refractivity contribution in [3.8, 4) is 5.75 Å². The molecule has 0 aliphatic carbocycles. The lowest BCUT2D eigenvalue weighted by atomic mass is 10.1. The molecule has 1 N–H and O–H groups in total. The third-order valence-corrected chi connectivity index (χ3v) is 5.25. The van der Waals surface area contributed by atoms with E-state index in [2.05, 4.69) is 41.2 Å². The average Bonchev–Trinajstić information content (AvgIpc) is 2.84. The van der Waals surface area contributed by atoms with Crippen LogP contribution in [0, 0.1) is 10.1 Å². The summed E-state index contributed by atoms with van der Waals surface area (Å²) in [5.41, 5.74) is 3.01. The number of nitro benzene ring substituents is 1. The average molecular weight is 457 g/mol. The first kappa shape index (κ1) is 22.7. The predicted octanol–water partition coefficient (Wildman–Crippen LogP) is 5.71. The lowest BCUT2D eigenvalue weighted by Crippen LogP contribution is -2.25. The summed E-state index contributed by atoms with van der Waals surface area (Å²) in [6, 6.07) is 24.0. The molecular weight excluding hydrogens is 432 g/mol. The molecule has 3 aromatic carbocycles. The van der Waals surface area contributed by atoms with E-state index in [1.54, 1.807) is 12.1 Å². The Kier molecular flexibility index (Phi) is 6.68. The fourth-order valence-corrected chi connectivity index (χ4v) is 3.79. The van der Waals surface area contributed by atoms with Crippen molar-refractivity contribution in [2.75, 3.05) is 16.8 Å². The van der Waals surface area contributed by atoms with E-state index in [1.165, 1.54) is 18.3 Å². The number of nitrogens with zero attached hydrogens (tertiary/aromatic N) is 3. The van der Waals surface area contributed by atoms with Gasteiger partial charge in [-0.05, 0) is 68.4 Å². The lowest BCUT2D eigenvalue weighted by Gasteiger charge is -2.29. The second kappa shape index (κ2) is 9.99. The van der Waals surface area contributed by atoms with E-state index >= 15 is 0 Å². The molecule has 172 valence electrons. The largest absolute Gasteiger partial charge is 0.481 e. The molecule has 1 heterocycles. The van der Waals surface area contributed by atoms with Gasteiger partial charge in [0.25, 0.3) is 11.6 Å². The Labute approximate surface area is 197 Å². The zero-order valence-electron chi connectivity index (χ0n) is 18.8. The number of rotatable bonds is 8. The summed E-state index contributed by atoms with van der Waals surface area (Å²) in [5, 5.41) is 14.4. The first-order valence-electron chi connectivity index (χ1n) is 10.8. The highest BCUT2D eigenvalue weighted by molar-refractivity contribution is 5.94. The standard InChI is InChI=1S/C26H24N4O4/c1-18(2)29(20-7-4-3-5-8-20)21-12-10-19(11-13-21)28-25(31)17-34-24-15-14-23(30(32)33)22-9-6-16-27-26(22)24/h3-16,18H,17H2,1-2H3,(H,28,31). The highest BCUT2D eigenvalue weighted by atomic mass is 16.6. The third kappa shape index (κ3) is 4.96. The Morgan fingerprint density at radius 2 is 1.71 bits per heavy atom. The van der Waals surface area contributed by atoms with Gasteiger partial charge in [0.15, 0.2) is 6.61 Å². The molecule has 34 heavy (non-hydrogen) atoms. The number of hydrogen-bond donors (Lipinski definition) is 1. The van der Waals surface area contributed by atoms with Crippen molar-refractivity contribution >= 4 is 39.6 Å². The van der Waals surface area contributed by atoms with E-state index in [9.17, 15) is 14.9 Å². The summed E-state index contributed by atoms with van der Waals surface area (Å²) < 4.78 is 5.63. The number of amides is 1. The van der Waals surface area contributed by atoms with Crippen LogP contribution >= 0.6 is 0 Å². The second-order valence-electron chi connectivity index (χ2n) is 7.92. The fraction of sp³-hybridized carbons (Fsp3) is 0.154. The number of hydrogen-bond acceptors (Lipinski definition) is 6. The van der Waals surface area contributed by atoms with Crippen molar-refractivity contribution in [2.24, 2.45) is 0 Å². The Hall–Kier alpha value is -4.46. The highest BCUT2D eigenvalue weighted by Gasteiger charge is 2.17. The smallest absolute Gasteiger partial charge is 0.279 e. The fourth-order valence-electron chi connectivity index (χ4n) is 3.79. The van der Waals surface area contributed by atoms with Gasteiger partial charge in [0, 0.05) is 35.4 Å². The summed E-state index contributed by atoms with van der Waals surface area (Å²) in [7, 11) is 0. The molecule has 0 unspecified atom stereocenters. The van der Waals surface area contributed by atoms with Gasteiger partial charge in [-0.3, -0.25) is 19.9 Å². The summed E-state index contributed by atoms with van der Waals surface area (Å²) in [5.74, 6) is -0.0407. The molecule has 1 amide bonds. The highest BCUT2D eigenvalue weighted by Crippen LogP contribution is 2.31. The number of fused-ring (bicyclic) bond motifs is 1. The number of carbonyl (C=O) groups excluding carboxylic acids is 1. The van der Waals surface area contributed by atoms with Crippen molar-refractivity contribution in [2.45, 2.75) is 19.9 Å². The molecule has 0 radical (unpaired) electrons. The minimum absolute atomic E-state index is 0.0639. The van der Waals surface area contributed by atoms with Crippen molar-refractivity contribution in [3.63, 3.8) is 0 Å². The van der Waals surface area contributed by atoms with Crippen molar-refractivity contribution in [3.05, 3.63) is 95.2 Å². The number of para-hydroxylation sites is 1. The molecule has 8 nitrogen and oxygen atoms in total. The van der Waals surface area contributed by atoms with Crippen LogP contribution in [0.4, 0.5) is 22.7 Å². The lowest BCUT2D eigenvalue weighted by molar-refractivity contribution is -0.383. The molecular formula is C26H24N4O4. The molecule has 0 saturated heterocycles. The maximum atomic E-state index is 12.5. The van der Waals surface area contributed by atoms with Gasteiger partial charge in [-0.2, -0.15) is 0 Å². The first-order valence-corrected chi connectivity index (χ1v) is 10.8. The van der Waals surface area contributed by atoms with Gasteiger partial charge in [-0.15, -0.1) is 0 Å².